The minimum atomic E-state index is -4.05. The smallest absolute Gasteiger partial charge is 0.324 e. The van der Waals surface area contributed by atoms with Crippen LogP contribution >= 0.6 is 0 Å². The van der Waals surface area contributed by atoms with Crippen molar-refractivity contribution in [1.29, 1.82) is 0 Å². The predicted octanol–water partition coefficient (Wildman–Crippen LogP) is 3.41. The van der Waals surface area contributed by atoms with Crippen LogP contribution in [0.2, 0.25) is 0 Å². The average Bonchev–Trinajstić information content (AvgIpc) is 2.76. The maximum atomic E-state index is 12.7. The number of nitrogens with two attached hydrogens (primary N) is 1. The normalized spacial score (nSPS) is 28.6. The molecule has 0 bridgehead atoms. The van der Waals surface area contributed by atoms with E-state index in [9.17, 15) is 13.2 Å². The van der Waals surface area contributed by atoms with Gasteiger partial charge in [0.25, 0.3) is 0 Å². The van der Waals surface area contributed by atoms with Crippen molar-refractivity contribution in [3.63, 3.8) is 0 Å². The fourth-order valence-corrected chi connectivity index (χ4v) is 3.53. The third-order valence-electron chi connectivity index (χ3n) is 4.66. The van der Waals surface area contributed by atoms with Crippen molar-refractivity contribution in [3.05, 3.63) is 35.4 Å². The van der Waals surface area contributed by atoms with Crippen LogP contribution < -0.4 is 5.73 Å². The van der Waals surface area contributed by atoms with Crippen molar-refractivity contribution in [1.82, 2.24) is 4.90 Å². The van der Waals surface area contributed by atoms with Crippen LogP contribution in [0.1, 0.15) is 42.5 Å². The first-order valence-electron chi connectivity index (χ1n) is 7.12. The van der Waals surface area contributed by atoms with E-state index in [-0.39, 0.29) is 24.9 Å². The zero-order chi connectivity index (χ0) is 14.3. The number of nitrogens with zero attached hydrogens (tertiary/aromatic N) is 1. The summed E-state index contributed by atoms with van der Waals surface area (Å²) in [5.74, 6) is -1.14. The Labute approximate surface area is 116 Å². The lowest BCUT2D eigenvalue weighted by Crippen LogP contribution is -2.40. The molecule has 1 aliphatic heterocycles. The number of benzene rings is 1. The Hall–Kier alpha value is -1.07. The van der Waals surface area contributed by atoms with E-state index in [0.717, 1.165) is 12.0 Å². The van der Waals surface area contributed by atoms with Crippen LogP contribution in [0.4, 0.5) is 13.2 Å². The first-order valence-corrected chi connectivity index (χ1v) is 7.12. The van der Waals surface area contributed by atoms with Crippen LogP contribution in [0.5, 0.6) is 0 Å². The minimum absolute atomic E-state index is 0.0107. The summed E-state index contributed by atoms with van der Waals surface area (Å²) in [5.41, 5.74) is 8.48. The molecule has 1 aromatic carbocycles. The van der Waals surface area contributed by atoms with Gasteiger partial charge in [-0.25, -0.2) is 0 Å². The molecule has 1 aliphatic carbocycles. The molecule has 0 saturated carbocycles. The van der Waals surface area contributed by atoms with Crippen molar-refractivity contribution in [2.24, 2.45) is 11.7 Å². The molecule has 20 heavy (non-hydrogen) atoms. The third-order valence-corrected chi connectivity index (χ3v) is 4.66. The van der Waals surface area contributed by atoms with Crippen LogP contribution in [0.25, 0.3) is 0 Å². The van der Waals surface area contributed by atoms with Crippen LogP contribution in [0.15, 0.2) is 24.3 Å². The van der Waals surface area contributed by atoms with E-state index < -0.39 is 12.1 Å². The topological polar surface area (TPSA) is 29.3 Å². The van der Waals surface area contributed by atoms with E-state index in [1.807, 2.05) is 18.2 Å². The number of fused-ring (bicyclic) bond motifs is 1. The average molecular weight is 284 g/mol. The molecule has 0 spiro atoms. The number of halogens is 3. The van der Waals surface area contributed by atoms with E-state index in [1.165, 1.54) is 5.56 Å². The second-order valence-corrected chi connectivity index (χ2v) is 5.84. The molecule has 0 aromatic heterocycles. The summed E-state index contributed by atoms with van der Waals surface area (Å²) in [4.78, 5) is 2.17. The van der Waals surface area contributed by atoms with E-state index in [2.05, 4.69) is 11.0 Å². The molecular weight excluding hydrogens is 265 g/mol. The van der Waals surface area contributed by atoms with Gasteiger partial charge in [-0.1, -0.05) is 24.3 Å². The molecular formula is C15H19F3N2. The summed E-state index contributed by atoms with van der Waals surface area (Å²) in [6, 6.07) is 8.24. The molecule has 2 N–H and O–H groups in total. The highest BCUT2D eigenvalue weighted by atomic mass is 19.4. The van der Waals surface area contributed by atoms with Crippen LogP contribution in [0.3, 0.4) is 0 Å². The Balaban J connectivity index is 1.71. The Kier molecular flexibility index (Phi) is 3.50. The van der Waals surface area contributed by atoms with Gasteiger partial charge >= 0.3 is 6.18 Å². The molecule has 0 radical (unpaired) electrons. The van der Waals surface area contributed by atoms with Gasteiger partial charge in [-0.3, -0.25) is 4.90 Å². The van der Waals surface area contributed by atoms with Crippen LogP contribution in [-0.4, -0.2) is 24.2 Å². The molecule has 3 rings (SSSR count). The molecule has 2 aliphatic rings. The quantitative estimate of drug-likeness (QED) is 0.856. The molecule has 1 aromatic rings. The van der Waals surface area contributed by atoms with Crippen molar-refractivity contribution in [2.75, 3.05) is 13.1 Å². The van der Waals surface area contributed by atoms with Gasteiger partial charge in [0.1, 0.15) is 0 Å². The Morgan fingerprint density at radius 2 is 1.65 bits per heavy atom. The van der Waals surface area contributed by atoms with Crippen molar-refractivity contribution in [2.45, 2.75) is 37.5 Å². The first-order chi connectivity index (χ1) is 9.47. The number of hydrogen-bond acceptors (Lipinski definition) is 2. The molecule has 2 unspecified atom stereocenters. The second kappa shape index (κ2) is 5.04. The zero-order valence-corrected chi connectivity index (χ0v) is 11.2. The maximum absolute atomic E-state index is 12.7. The molecule has 2 nitrogen and oxygen atoms in total. The summed E-state index contributed by atoms with van der Waals surface area (Å²) >= 11 is 0. The Bertz CT molecular complexity index is 478. The Morgan fingerprint density at radius 1 is 1.05 bits per heavy atom. The largest absolute Gasteiger partial charge is 0.391 e. The second-order valence-electron chi connectivity index (χ2n) is 5.84. The molecule has 2 atom stereocenters. The highest BCUT2D eigenvalue weighted by molar-refractivity contribution is 5.37. The molecule has 5 heteroatoms. The molecule has 1 saturated heterocycles. The van der Waals surface area contributed by atoms with E-state index in [4.69, 9.17) is 5.73 Å². The number of likely N-dealkylation sites (tertiary alicyclic amines) is 1. The highest BCUT2D eigenvalue weighted by Crippen LogP contribution is 2.43. The third kappa shape index (κ3) is 2.44. The fourth-order valence-electron chi connectivity index (χ4n) is 3.53. The van der Waals surface area contributed by atoms with Gasteiger partial charge in [0.15, 0.2) is 0 Å². The molecule has 1 fully saturated rings. The lowest BCUT2D eigenvalue weighted by Gasteiger charge is -2.37. The van der Waals surface area contributed by atoms with E-state index >= 15 is 0 Å². The van der Waals surface area contributed by atoms with E-state index in [1.54, 1.807) is 0 Å². The predicted molar refractivity (Wildman–Crippen MR) is 71.1 cm³/mol. The summed E-state index contributed by atoms with van der Waals surface area (Å²) in [6.07, 6.45) is -2.82. The molecule has 110 valence electrons. The minimum Gasteiger partial charge on any atom is -0.324 e. The van der Waals surface area contributed by atoms with Gasteiger partial charge in [-0.05, 0) is 43.5 Å². The van der Waals surface area contributed by atoms with Gasteiger partial charge < -0.3 is 5.73 Å². The standard InChI is InChI=1S/C15H19F3N2/c16-15(17,18)10-5-7-20(8-6-10)14-9-13(19)11-3-1-2-4-12(11)14/h1-4,10,13-14H,5-9,19H2. The summed E-state index contributed by atoms with van der Waals surface area (Å²) < 4.78 is 38.1. The number of piperidine rings is 1. The van der Waals surface area contributed by atoms with Gasteiger partial charge in [0.05, 0.1) is 5.92 Å². The number of alkyl halides is 3. The van der Waals surface area contributed by atoms with Crippen molar-refractivity contribution >= 4 is 0 Å². The summed E-state index contributed by atoms with van der Waals surface area (Å²) in [5, 5.41) is 0. The van der Waals surface area contributed by atoms with Crippen LogP contribution in [-0.2, 0) is 0 Å². The molecule has 1 heterocycles. The van der Waals surface area contributed by atoms with Crippen molar-refractivity contribution in [3.8, 4) is 0 Å². The SMILES string of the molecule is NC1CC(N2CCC(C(F)(F)F)CC2)c2ccccc21. The van der Waals surface area contributed by atoms with Gasteiger partial charge in [-0.15, -0.1) is 0 Å². The monoisotopic (exact) mass is 284 g/mol. The molecule has 0 amide bonds. The van der Waals surface area contributed by atoms with Crippen LogP contribution in [0, 0.1) is 5.92 Å². The van der Waals surface area contributed by atoms with Gasteiger partial charge in [0, 0.05) is 12.1 Å². The lowest BCUT2D eigenvalue weighted by molar-refractivity contribution is -0.186. The lowest BCUT2D eigenvalue weighted by atomic mass is 9.94. The Morgan fingerprint density at radius 3 is 2.25 bits per heavy atom. The highest BCUT2D eigenvalue weighted by Gasteiger charge is 2.43. The fraction of sp³-hybridized carbons (Fsp3) is 0.600. The van der Waals surface area contributed by atoms with Crippen molar-refractivity contribution < 1.29 is 13.2 Å². The number of hydrogen-bond donors (Lipinski definition) is 1. The summed E-state index contributed by atoms with van der Waals surface area (Å²) in [6.45, 7) is 1.02. The number of rotatable bonds is 1. The zero-order valence-electron chi connectivity index (χ0n) is 11.2. The summed E-state index contributed by atoms with van der Waals surface area (Å²) in [7, 11) is 0. The van der Waals surface area contributed by atoms with E-state index in [0.29, 0.717) is 13.1 Å². The maximum Gasteiger partial charge on any atom is 0.391 e. The van der Waals surface area contributed by atoms with Gasteiger partial charge in [-0.2, -0.15) is 13.2 Å². The first kappa shape index (κ1) is 13.9. The van der Waals surface area contributed by atoms with Gasteiger partial charge in [0.2, 0.25) is 0 Å².